The lowest BCUT2D eigenvalue weighted by Gasteiger charge is -2.24. The first-order valence-corrected chi connectivity index (χ1v) is 7.72. The predicted molar refractivity (Wildman–Crippen MR) is 77.0 cm³/mol. The zero-order chi connectivity index (χ0) is 15.4. The van der Waals surface area contributed by atoms with Crippen LogP contribution in [0.4, 0.5) is 4.39 Å². The summed E-state index contributed by atoms with van der Waals surface area (Å²) in [5.74, 6) is 4.39. The molecule has 20 heavy (non-hydrogen) atoms. The van der Waals surface area contributed by atoms with Crippen molar-refractivity contribution in [1.29, 1.82) is 0 Å². The van der Waals surface area contributed by atoms with E-state index in [0.29, 0.717) is 6.42 Å². The van der Waals surface area contributed by atoms with Gasteiger partial charge in [0, 0.05) is 5.54 Å². The molecule has 0 saturated carbocycles. The van der Waals surface area contributed by atoms with Crippen LogP contribution in [-0.4, -0.2) is 20.5 Å². The Kier molecular flexibility index (Phi) is 5.28. The fraction of sp³-hybridized carbons (Fsp3) is 0.429. The van der Waals surface area contributed by atoms with E-state index in [4.69, 9.17) is 5.73 Å². The summed E-state index contributed by atoms with van der Waals surface area (Å²) in [7, 11) is -3.75. The van der Waals surface area contributed by atoms with Gasteiger partial charge in [0.1, 0.15) is 5.82 Å². The van der Waals surface area contributed by atoms with Gasteiger partial charge < -0.3 is 5.73 Å². The molecule has 0 heterocycles. The van der Waals surface area contributed by atoms with Crippen LogP contribution in [0, 0.1) is 17.7 Å². The van der Waals surface area contributed by atoms with Gasteiger partial charge >= 0.3 is 0 Å². The summed E-state index contributed by atoms with van der Waals surface area (Å²) >= 11 is 0. The van der Waals surface area contributed by atoms with Crippen molar-refractivity contribution in [3.8, 4) is 11.8 Å². The molecule has 6 heteroatoms. The maximum atomic E-state index is 13.8. The molecule has 0 radical (unpaired) electrons. The number of sulfonamides is 1. The van der Waals surface area contributed by atoms with Gasteiger partial charge in [-0.2, -0.15) is 0 Å². The zero-order valence-corrected chi connectivity index (χ0v) is 12.6. The van der Waals surface area contributed by atoms with Crippen LogP contribution in [0.1, 0.15) is 32.8 Å². The maximum Gasteiger partial charge on any atom is 0.241 e. The molecule has 0 amide bonds. The van der Waals surface area contributed by atoms with Gasteiger partial charge in [-0.1, -0.05) is 18.8 Å². The van der Waals surface area contributed by atoms with Crippen LogP contribution in [0.25, 0.3) is 0 Å². The Labute approximate surface area is 119 Å². The highest BCUT2D eigenvalue weighted by atomic mass is 32.2. The molecule has 0 aliphatic carbocycles. The van der Waals surface area contributed by atoms with Gasteiger partial charge in [-0.15, -0.1) is 0 Å². The van der Waals surface area contributed by atoms with E-state index < -0.39 is 21.4 Å². The summed E-state index contributed by atoms with van der Waals surface area (Å²) in [4.78, 5) is -0.116. The molecule has 1 aromatic carbocycles. The van der Waals surface area contributed by atoms with Gasteiger partial charge in [0.15, 0.2) is 0 Å². The van der Waals surface area contributed by atoms with Crippen LogP contribution in [0.5, 0.6) is 0 Å². The fourth-order valence-corrected chi connectivity index (χ4v) is 2.90. The minimum atomic E-state index is -3.75. The normalized spacial score (nSPS) is 11.8. The maximum absolute atomic E-state index is 13.8. The summed E-state index contributed by atoms with van der Waals surface area (Å²) in [5, 5.41) is 0. The van der Waals surface area contributed by atoms with Crippen molar-refractivity contribution < 1.29 is 12.8 Å². The van der Waals surface area contributed by atoms with Crippen LogP contribution in [-0.2, 0) is 10.0 Å². The van der Waals surface area contributed by atoms with Gasteiger partial charge in [-0.25, -0.2) is 17.5 Å². The smallest absolute Gasteiger partial charge is 0.241 e. The van der Waals surface area contributed by atoms with Crippen molar-refractivity contribution in [3.63, 3.8) is 0 Å². The van der Waals surface area contributed by atoms with Gasteiger partial charge in [0.05, 0.1) is 17.0 Å². The first-order valence-electron chi connectivity index (χ1n) is 6.24. The molecule has 0 aromatic heterocycles. The second kappa shape index (κ2) is 6.35. The molecule has 0 unspecified atom stereocenters. The van der Waals surface area contributed by atoms with Crippen LogP contribution >= 0.6 is 0 Å². The number of hydrogen-bond acceptors (Lipinski definition) is 3. The lowest BCUT2D eigenvalue weighted by Crippen LogP contribution is -2.42. The van der Waals surface area contributed by atoms with E-state index in [-0.39, 0.29) is 17.0 Å². The second-order valence-corrected chi connectivity index (χ2v) is 6.67. The molecule has 0 bridgehead atoms. The standard InChI is InChI=1S/C14H19FN2O2S/c1-4-14(2,3)17-20(18,19)12-8-7-11(6-5-9-16)13(15)10-12/h7-8,10,17H,4,9,16H2,1-3H3. The molecule has 0 fully saturated rings. The SMILES string of the molecule is CCC(C)(C)NS(=O)(=O)c1ccc(C#CCN)c(F)c1. The average molecular weight is 298 g/mol. The molecule has 1 aromatic rings. The molecule has 0 aliphatic rings. The topological polar surface area (TPSA) is 72.2 Å². The third-order valence-corrected chi connectivity index (χ3v) is 4.57. The number of hydrogen-bond donors (Lipinski definition) is 2. The predicted octanol–water partition coefficient (Wildman–Crippen LogP) is 1.60. The second-order valence-electron chi connectivity index (χ2n) is 4.99. The van der Waals surface area contributed by atoms with Gasteiger partial charge in [-0.05, 0) is 38.5 Å². The van der Waals surface area contributed by atoms with E-state index in [1.807, 2.05) is 6.92 Å². The Hall–Kier alpha value is -1.42. The number of nitrogens with one attached hydrogen (secondary N) is 1. The molecule has 0 spiro atoms. The Balaban J connectivity index is 3.12. The van der Waals surface area contributed by atoms with Crippen LogP contribution < -0.4 is 10.5 Å². The highest BCUT2D eigenvalue weighted by Crippen LogP contribution is 2.18. The third-order valence-electron chi connectivity index (χ3n) is 2.87. The average Bonchev–Trinajstić information content (AvgIpc) is 2.36. The minimum Gasteiger partial charge on any atom is -0.320 e. The Morgan fingerprint density at radius 3 is 2.55 bits per heavy atom. The number of rotatable bonds is 4. The molecular weight excluding hydrogens is 279 g/mol. The Bertz CT molecular complexity index is 643. The van der Waals surface area contributed by atoms with Gasteiger partial charge in [0.25, 0.3) is 0 Å². The largest absolute Gasteiger partial charge is 0.320 e. The highest BCUT2D eigenvalue weighted by Gasteiger charge is 2.25. The van der Waals surface area contributed by atoms with Crippen molar-refractivity contribution >= 4 is 10.0 Å². The van der Waals surface area contributed by atoms with Crippen molar-refractivity contribution in [1.82, 2.24) is 4.72 Å². The molecule has 110 valence electrons. The van der Waals surface area contributed by atoms with Crippen LogP contribution in [0.15, 0.2) is 23.1 Å². The first kappa shape index (κ1) is 16.6. The molecule has 0 atom stereocenters. The monoisotopic (exact) mass is 298 g/mol. The van der Waals surface area contributed by atoms with Crippen molar-refractivity contribution in [3.05, 3.63) is 29.6 Å². The molecule has 0 aliphatic heterocycles. The number of halogens is 1. The van der Waals surface area contributed by atoms with E-state index in [2.05, 4.69) is 16.6 Å². The lowest BCUT2D eigenvalue weighted by atomic mass is 10.0. The fourth-order valence-electron chi connectivity index (χ4n) is 1.41. The van der Waals surface area contributed by atoms with Gasteiger partial charge in [0.2, 0.25) is 10.0 Å². The number of benzene rings is 1. The van der Waals surface area contributed by atoms with E-state index in [1.54, 1.807) is 13.8 Å². The molecule has 4 nitrogen and oxygen atoms in total. The van der Waals surface area contributed by atoms with Crippen LogP contribution in [0.2, 0.25) is 0 Å². The third kappa shape index (κ3) is 4.30. The molecular formula is C14H19FN2O2S. The molecule has 0 saturated heterocycles. The Morgan fingerprint density at radius 1 is 1.40 bits per heavy atom. The molecule has 3 N–H and O–H groups in total. The van der Waals surface area contributed by atoms with Gasteiger partial charge in [-0.3, -0.25) is 0 Å². The minimum absolute atomic E-state index is 0.116. The highest BCUT2D eigenvalue weighted by molar-refractivity contribution is 7.89. The number of nitrogens with two attached hydrogens (primary N) is 1. The van der Waals surface area contributed by atoms with Crippen molar-refractivity contribution in [2.75, 3.05) is 6.54 Å². The van der Waals surface area contributed by atoms with Crippen molar-refractivity contribution in [2.24, 2.45) is 5.73 Å². The lowest BCUT2D eigenvalue weighted by molar-refractivity contribution is 0.439. The summed E-state index contributed by atoms with van der Waals surface area (Å²) in [5.41, 5.74) is 4.75. The Morgan fingerprint density at radius 2 is 2.05 bits per heavy atom. The molecule has 1 rings (SSSR count). The zero-order valence-electron chi connectivity index (χ0n) is 11.8. The summed E-state index contributed by atoms with van der Waals surface area (Å²) in [6.45, 7) is 5.52. The summed E-state index contributed by atoms with van der Waals surface area (Å²) in [6, 6.07) is 3.64. The quantitative estimate of drug-likeness (QED) is 0.829. The summed E-state index contributed by atoms with van der Waals surface area (Å²) in [6.07, 6.45) is 0.620. The van der Waals surface area contributed by atoms with E-state index in [0.717, 1.165) is 6.07 Å². The van der Waals surface area contributed by atoms with E-state index >= 15 is 0 Å². The first-order chi connectivity index (χ1) is 9.22. The van der Waals surface area contributed by atoms with Crippen LogP contribution in [0.3, 0.4) is 0 Å². The van der Waals surface area contributed by atoms with E-state index in [1.165, 1.54) is 12.1 Å². The van der Waals surface area contributed by atoms with Crippen molar-refractivity contribution in [2.45, 2.75) is 37.6 Å². The van der Waals surface area contributed by atoms with E-state index in [9.17, 15) is 12.8 Å². The summed E-state index contributed by atoms with van der Waals surface area (Å²) < 4.78 is 40.6.